The molecule has 1 aliphatic heterocycles. The first-order valence-corrected chi connectivity index (χ1v) is 11.3. The van der Waals surface area contributed by atoms with Crippen LogP contribution in [0.5, 0.6) is 5.75 Å². The highest BCUT2D eigenvalue weighted by atomic mass is 79.9. The number of ether oxygens (including phenoxy) is 1. The van der Waals surface area contributed by atoms with E-state index in [1.54, 1.807) is 13.2 Å². The molecule has 0 N–H and O–H groups in total. The van der Waals surface area contributed by atoms with Crippen molar-refractivity contribution in [3.63, 3.8) is 0 Å². The van der Waals surface area contributed by atoms with Crippen molar-refractivity contribution >= 4 is 44.9 Å². The quantitative estimate of drug-likeness (QED) is 0.400. The molecule has 0 saturated carbocycles. The molecule has 0 spiro atoms. The lowest BCUT2D eigenvalue weighted by atomic mass is 10.2. The third-order valence-corrected chi connectivity index (χ3v) is 6.65. The maximum atomic E-state index is 12.9. The van der Waals surface area contributed by atoms with E-state index in [0.29, 0.717) is 4.91 Å². The number of carbonyl (C=O) groups is 2. The van der Waals surface area contributed by atoms with Crippen LogP contribution in [-0.4, -0.2) is 27.7 Å². The van der Waals surface area contributed by atoms with Crippen LogP contribution in [0.25, 0.3) is 11.8 Å². The van der Waals surface area contributed by atoms with Crippen LogP contribution in [0, 0.1) is 13.8 Å². The molecule has 4 rings (SSSR count). The second-order valence-corrected chi connectivity index (χ2v) is 9.14. The third kappa shape index (κ3) is 4.20. The Labute approximate surface area is 193 Å². The fraction of sp³-hybridized carbons (Fsp3) is 0.167. The summed E-state index contributed by atoms with van der Waals surface area (Å²) >= 11 is 4.38. The maximum Gasteiger partial charge on any atom is 0.293 e. The topological polar surface area (TPSA) is 51.5 Å². The van der Waals surface area contributed by atoms with Gasteiger partial charge in [0.2, 0.25) is 0 Å². The molecule has 1 saturated heterocycles. The van der Waals surface area contributed by atoms with Gasteiger partial charge < -0.3 is 9.30 Å². The van der Waals surface area contributed by atoms with Gasteiger partial charge in [0.25, 0.3) is 11.1 Å². The van der Waals surface area contributed by atoms with Crippen molar-refractivity contribution in [2.75, 3.05) is 7.11 Å². The number of amides is 2. The van der Waals surface area contributed by atoms with Crippen molar-refractivity contribution in [2.24, 2.45) is 0 Å². The Morgan fingerprint density at radius 2 is 1.77 bits per heavy atom. The molecule has 0 atom stereocenters. The van der Waals surface area contributed by atoms with Crippen LogP contribution in [0.3, 0.4) is 0 Å². The van der Waals surface area contributed by atoms with Crippen LogP contribution in [-0.2, 0) is 11.3 Å². The standard InChI is InChI=1S/C24H21BrN2O3S/c1-15-12-18(16(2)27(15)20-6-4-5-7-21(20)30-3)13-22-23(28)26(24(29)31-22)14-17-8-10-19(25)11-9-17/h4-13H,14H2,1-3H3/b22-13-. The molecule has 0 unspecified atom stereocenters. The first kappa shape index (κ1) is 21.5. The number of aryl methyl sites for hydroxylation is 1. The summed E-state index contributed by atoms with van der Waals surface area (Å²) in [5, 5.41) is -0.252. The highest BCUT2D eigenvalue weighted by molar-refractivity contribution is 9.10. The molecular weight excluding hydrogens is 476 g/mol. The Kier molecular flexibility index (Phi) is 6.07. The number of para-hydroxylation sites is 2. The summed E-state index contributed by atoms with van der Waals surface area (Å²) in [7, 11) is 1.65. The number of thioether (sulfide) groups is 1. The van der Waals surface area contributed by atoms with Crippen LogP contribution in [0.2, 0.25) is 0 Å². The van der Waals surface area contributed by atoms with E-state index in [4.69, 9.17) is 4.74 Å². The van der Waals surface area contributed by atoms with E-state index in [9.17, 15) is 9.59 Å². The molecule has 2 heterocycles. The van der Waals surface area contributed by atoms with E-state index in [-0.39, 0.29) is 17.7 Å². The number of aromatic nitrogens is 1. The van der Waals surface area contributed by atoms with Crippen molar-refractivity contribution in [1.82, 2.24) is 9.47 Å². The number of imide groups is 1. The normalized spacial score (nSPS) is 15.2. The predicted octanol–water partition coefficient (Wildman–Crippen LogP) is 6.10. The van der Waals surface area contributed by atoms with E-state index >= 15 is 0 Å². The fourth-order valence-corrected chi connectivity index (χ4v) is 4.76. The van der Waals surface area contributed by atoms with E-state index in [1.165, 1.54) is 4.90 Å². The van der Waals surface area contributed by atoms with Gasteiger partial charge in [-0.1, -0.05) is 40.2 Å². The van der Waals surface area contributed by atoms with E-state index in [2.05, 4.69) is 20.5 Å². The Bertz CT molecular complexity index is 1200. The smallest absolute Gasteiger partial charge is 0.293 e. The molecule has 5 nitrogen and oxygen atoms in total. The number of rotatable bonds is 5. The summed E-state index contributed by atoms with van der Waals surface area (Å²) in [5.74, 6) is 0.505. The Morgan fingerprint density at radius 1 is 1.06 bits per heavy atom. The summed E-state index contributed by atoms with van der Waals surface area (Å²) in [5.41, 5.74) is 4.73. The van der Waals surface area contributed by atoms with Gasteiger partial charge in [0.05, 0.1) is 24.2 Å². The molecule has 0 radical (unpaired) electrons. The van der Waals surface area contributed by atoms with Crippen molar-refractivity contribution < 1.29 is 14.3 Å². The average molecular weight is 497 g/mol. The number of hydrogen-bond acceptors (Lipinski definition) is 4. The number of benzene rings is 2. The first-order chi connectivity index (χ1) is 14.9. The third-order valence-electron chi connectivity index (χ3n) is 5.21. The van der Waals surface area contributed by atoms with Gasteiger partial charge in [-0.15, -0.1) is 0 Å². The lowest BCUT2D eigenvalue weighted by Gasteiger charge is -2.13. The monoisotopic (exact) mass is 496 g/mol. The van der Waals surface area contributed by atoms with Gasteiger partial charge in [0, 0.05) is 15.9 Å². The Hall–Kier alpha value is -2.77. The first-order valence-electron chi connectivity index (χ1n) is 9.71. The minimum absolute atomic E-state index is 0.252. The summed E-state index contributed by atoms with van der Waals surface area (Å²) < 4.78 is 8.56. The van der Waals surface area contributed by atoms with E-state index in [0.717, 1.165) is 50.2 Å². The van der Waals surface area contributed by atoms with Gasteiger partial charge in [0.15, 0.2) is 0 Å². The van der Waals surface area contributed by atoms with Crippen LogP contribution < -0.4 is 4.74 Å². The minimum Gasteiger partial charge on any atom is -0.495 e. The van der Waals surface area contributed by atoms with Crippen LogP contribution in [0.15, 0.2) is 64.0 Å². The van der Waals surface area contributed by atoms with E-state index < -0.39 is 0 Å². The Morgan fingerprint density at radius 3 is 2.48 bits per heavy atom. The summed E-state index contributed by atoms with van der Waals surface area (Å²) in [4.78, 5) is 27.2. The SMILES string of the molecule is COc1ccccc1-n1c(C)cc(/C=C2\SC(=O)N(Cc3ccc(Br)cc3)C2=O)c1C. The van der Waals surface area contributed by atoms with Crippen molar-refractivity contribution in [1.29, 1.82) is 0 Å². The molecule has 0 aliphatic carbocycles. The van der Waals surface area contributed by atoms with Crippen molar-refractivity contribution in [2.45, 2.75) is 20.4 Å². The van der Waals surface area contributed by atoms with Crippen molar-refractivity contribution in [3.8, 4) is 11.4 Å². The van der Waals surface area contributed by atoms with Gasteiger partial charge in [-0.25, -0.2) is 0 Å². The molecule has 1 aliphatic rings. The number of carbonyl (C=O) groups excluding carboxylic acids is 2. The summed E-state index contributed by atoms with van der Waals surface area (Å²) in [6.07, 6.45) is 1.81. The zero-order valence-corrected chi connectivity index (χ0v) is 19.8. The van der Waals surface area contributed by atoms with Gasteiger partial charge in [-0.2, -0.15) is 0 Å². The van der Waals surface area contributed by atoms with Crippen LogP contribution >= 0.6 is 27.7 Å². The molecular formula is C24H21BrN2O3S. The number of halogens is 1. The Balaban J connectivity index is 1.64. The van der Waals surface area contributed by atoms with Gasteiger partial charge in [-0.05, 0) is 73.1 Å². The lowest BCUT2D eigenvalue weighted by molar-refractivity contribution is -0.123. The minimum atomic E-state index is -0.264. The number of methoxy groups -OCH3 is 1. The maximum absolute atomic E-state index is 12.9. The highest BCUT2D eigenvalue weighted by Crippen LogP contribution is 2.35. The molecule has 31 heavy (non-hydrogen) atoms. The second-order valence-electron chi connectivity index (χ2n) is 7.23. The van der Waals surface area contributed by atoms with Gasteiger partial charge in [-0.3, -0.25) is 14.5 Å². The highest BCUT2D eigenvalue weighted by Gasteiger charge is 2.35. The molecule has 1 fully saturated rings. The van der Waals surface area contributed by atoms with Crippen LogP contribution in [0.1, 0.15) is 22.5 Å². The zero-order valence-electron chi connectivity index (χ0n) is 17.4. The number of nitrogens with zero attached hydrogens (tertiary/aromatic N) is 2. The molecule has 3 aromatic rings. The molecule has 0 bridgehead atoms. The average Bonchev–Trinajstić information content (AvgIpc) is 3.18. The molecule has 2 amide bonds. The van der Waals surface area contributed by atoms with Crippen molar-refractivity contribution in [3.05, 3.63) is 86.5 Å². The molecule has 2 aromatic carbocycles. The summed E-state index contributed by atoms with van der Waals surface area (Å²) in [6.45, 7) is 4.27. The van der Waals surface area contributed by atoms with Gasteiger partial charge >= 0.3 is 0 Å². The van der Waals surface area contributed by atoms with E-state index in [1.807, 2.05) is 68.4 Å². The predicted molar refractivity (Wildman–Crippen MR) is 127 cm³/mol. The fourth-order valence-electron chi connectivity index (χ4n) is 3.67. The molecule has 7 heteroatoms. The van der Waals surface area contributed by atoms with Crippen LogP contribution in [0.4, 0.5) is 4.79 Å². The van der Waals surface area contributed by atoms with Gasteiger partial charge in [0.1, 0.15) is 5.75 Å². The number of hydrogen-bond donors (Lipinski definition) is 0. The summed E-state index contributed by atoms with van der Waals surface area (Å²) in [6, 6.07) is 17.4. The largest absolute Gasteiger partial charge is 0.495 e. The molecule has 158 valence electrons. The lowest BCUT2D eigenvalue weighted by Crippen LogP contribution is -2.27. The zero-order chi connectivity index (χ0) is 22.1. The second kappa shape index (κ2) is 8.77. The molecule has 1 aromatic heterocycles.